The number of nitrogens with one attached hydrogen (secondary N) is 1. The molecule has 0 bridgehead atoms. The zero-order valence-corrected chi connectivity index (χ0v) is 14.8. The van der Waals surface area contributed by atoms with Crippen molar-refractivity contribution in [1.82, 2.24) is 14.9 Å². The average molecular weight is 309 g/mol. The van der Waals surface area contributed by atoms with Gasteiger partial charge >= 0.3 is 6.09 Å². The molecule has 1 rings (SSSR count). The van der Waals surface area contributed by atoms with E-state index in [1.54, 1.807) is 0 Å². The SMILES string of the molecule is CCC(CC)C(C)n1cncc1CCNC(=O)OC(C)(C)C. The molecular formula is C17H31N3O2. The molecule has 0 saturated heterocycles. The van der Waals surface area contributed by atoms with Crippen molar-refractivity contribution in [3.63, 3.8) is 0 Å². The summed E-state index contributed by atoms with van der Waals surface area (Å²) in [5.74, 6) is 0.645. The number of imidazole rings is 1. The van der Waals surface area contributed by atoms with E-state index in [-0.39, 0.29) is 6.09 Å². The molecule has 0 radical (unpaired) electrons. The number of ether oxygens (including phenoxy) is 1. The smallest absolute Gasteiger partial charge is 0.407 e. The van der Waals surface area contributed by atoms with Gasteiger partial charge < -0.3 is 14.6 Å². The summed E-state index contributed by atoms with van der Waals surface area (Å²) in [4.78, 5) is 15.9. The highest BCUT2D eigenvalue weighted by Crippen LogP contribution is 2.25. The third-order valence-corrected chi connectivity index (χ3v) is 3.97. The Morgan fingerprint density at radius 3 is 2.55 bits per heavy atom. The predicted octanol–water partition coefficient (Wildman–Crippen LogP) is 3.95. The molecule has 0 aliphatic heterocycles. The summed E-state index contributed by atoms with van der Waals surface area (Å²) in [5, 5.41) is 2.80. The lowest BCUT2D eigenvalue weighted by Gasteiger charge is -2.24. The van der Waals surface area contributed by atoms with E-state index < -0.39 is 5.60 Å². The standard InChI is InChI=1S/C17H31N3O2/c1-7-14(8-2)13(3)20-12-18-11-15(20)9-10-19-16(21)22-17(4,5)6/h11-14H,7-10H2,1-6H3,(H,19,21). The van der Waals surface area contributed by atoms with Gasteiger partial charge in [0.2, 0.25) is 0 Å². The van der Waals surface area contributed by atoms with Crippen molar-refractivity contribution in [2.24, 2.45) is 5.92 Å². The summed E-state index contributed by atoms with van der Waals surface area (Å²) in [6.07, 6.45) is 6.48. The molecule has 0 fully saturated rings. The quantitative estimate of drug-likeness (QED) is 0.829. The van der Waals surface area contributed by atoms with E-state index in [0.717, 1.165) is 25.0 Å². The molecule has 0 aliphatic rings. The number of hydrogen-bond donors (Lipinski definition) is 1. The topological polar surface area (TPSA) is 56.2 Å². The number of rotatable bonds is 7. The van der Waals surface area contributed by atoms with Crippen molar-refractivity contribution in [1.29, 1.82) is 0 Å². The summed E-state index contributed by atoms with van der Waals surface area (Å²) < 4.78 is 7.47. The van der Waals surface area contributed by atoms with Crippen molar-refractivity contribution in [2.45, 2.75) is 72.4 Å². The first-order valence-electron chi connectivity index (χ1n) is 8.26. The van der Waals surface area contributed by atoms with E-state index in [4.69, 9.17) is 4.74 Å². The third kappa shape index (κ3) is 5.70. The molecule has 1 heterocycles. The molecule has 0 saturated carbocycles. The minimum atomic E-state index is -0.462. The second kappa shape index (κ2) is 8.20. The van der Waals surface area contributed by atoms with Gasteiger partial charge in [-0.05, 0) is 33.6 Å². The van der Waals surface area contributed by atoms with Crippen LogP contribution < -0.4 is 5.32 Å². The number of nitrogens with zero attached hydrogens (tertiary/aromatic N) is 2. The van der Waals surface area contributed by atoms with Gasteiger partial charge in [-0.25, -0.2) is 9.78 Å². The molecule has 1 N–H and O–H groups in total. The molecule has 0 aliphatic carbocycles. The fourth-order valence-corrected chi connectivity index (χ4v) is 2.70. The molecule has 126 valence electrons. The van der Waals surface area contributed by atoms with Crippen molar-refractivity contribution in [3.8, 4) is 0 Å². The van der Waals surface area contributed by atoms with Gasteiger partial charge in [-0.1, -0.05) is 26.7 Å². The van der Waals surface area contributed by atoms with Crippen molar-refractivity contribution >= 4 is 6.09 Å². The number of hydrogen-bond acceptors (Lipinski definition) is 3. The Labute approximate surface area is 134 Å². The summed E-state index contributed by atoms with van der Waals surface area (Å²) >= 11 is 0. The lowest BCUT2D eigenvalue weighted by atomic mass is 9.95. The average Bonchev–Trinajstić information content (AvgIpc) is 2.86. The molecule has 5 nitrogen and oxygen atoms in total. The van der Waals surface area contributed by atoms with Gasteiger partial charge in [-0.15, -0.1) is 0 Å². The number of amides is 1. The Kier molecular flexibility index (Phi) is 6.91. The Hall–Kier alpha value is -1.52. The fraction of sp³-hybridized carbons (Fsp3) is 0.765. The van der Waals surface area contributed by atoms with Crippen LogP contribution in [0.25, 0.3) is 0 Å². The molecule has 1 aromatic heterocycles. The fourth-order valence-electron chi connectivity index (χ4n) is 2.70. The van der Waals surface area contributed by atoms with Crippen LogP contribution >= 0.6 is 0 Å². The molecule has 1 aromatic rings. The molecular weight excluding hydrogens is 278 g/mol. The Morgan fingerprint density at radius 2 is 2.00 bits per heavy atom. The lowest BCUT2D eigenvalue weighted by Crippen LogP contribution is -2.33. The van der Waals surface area contributed by atoms with Crippen LogP contribution in [0.15, 0.2) is 12.5 Å². The van der Waals surface area contributed by atoms with Gasteiger partial charge in [0.1, 0.15) is 5.60 Å². The van der Waals surface area contributed by atoms with Gasteiger partial charge in [-0.2, -0.15) is 0 Å². The normalized spacial score (nSPS) is 13.2. The highest BCUT2D eigenvalue weighted by atomic mass is 16.6. The maximum absolute atomic E-state index is 11.7. The minimum absolute atomic E-state index is 0.369. The largest absolute Gasteiger partial charge is 0.444 e. The van der Waals surface area contributed by atoms with Gasteiger partial charge in [0.05, 0.1) is 6.33 Å². The Morgan fingerprint density at radius 1 is 1.36 bits per heavy atom. The summed E-state index contributed by atoms with van der Waals surface area (Å²) in [5.41, 5.74) is 0.686. The van der Waals surface area contributed by atoms with Crippen LogP contribution in [-0.2, 0) is 11.2 Å². The van der Waals surface area contributed by atoms with E-state index in [1.165, 1.54) is 0 Å². The van der Waals surface area contributed by atoms with E-state index in [0.29, 0.717) is 18.5 Å². The summed E-state index contributed by atoms with van der Waals surface area (Å²) in [7, 11) is 0. The van der Waals surface area contributed by atoms with Crippen LogP contribution in [0.5, 0.6) is 0 Å². The Balaban J connectivity index is 2.54. The van der Waals surface area contributed by atoms with E-state index >= 15 is 0 Å². The predicted molar refractivity (Wildman–Crippen MR) is 89.0 cm³/mol. The molecule has 22 heavy (non-hydrogen) atoms. The molecule has 1 amide bonds. The molecule has 1 atom stereocenters. The van der Waals surface area contributed by atoms with Crippen LogP contribution in [-0.4, -0.2) is 27.8 Å². The highest BCUT2D eigenvalue weighted by Gasteiger charge is 2.18. The highest BCUT2D eigenvalue weighted by molar-refractivity contribution is 5.67. The van der Waals surface area contributed by atoms with E-state index in [1.807, 2.05) is 33.3 Å². The van der Waals surface area contributed by atoms with Gasteiger partial charge in [-0.3, -0.25) is 0 Å². The number of carbonyl (C=O) groups is 1. The number of alkyl carbamates (subject to hydrolysis) is 1. The summed E-state index contributed by atoms with van der Waals surface area (Å²) in [6, 6.07) is 0.425. The van der Waals surface area contributed by atoms with Gasteiger partial charge in [0, 0.05) is 30.9 Å². The maximum Gasteiger partial charge on any atom is 0.407 e. The van der Waals surface area contributed by atoms with Gasteiger partial charge in [0.25, 0.3) is 0 Å². The van der Waals surface area contributed by atoms with Crippen molar-refractivity contribution in [2.75, 3.05) is 6.54 Å². The van der Waals surface area contributed by atoms with Crippen LogP contribution in [0.2, 0.25) is 0 Å². The second-order valence-corrected chi connectivity index (χ2v) is 6.79. The zero-order valence-electron chi connectivity index (χ0n) is 14.8. The minimum Gasteiger partial charge on any atom is -0.444 e. The third-order valence-electron chi connectivity index (χ3n) is 3.97. The van der Waals surface area contributed by atoms with E-state index in [2.05, 4.69) is 35.6 Å². The second-order valence-electron chi connectivity index (χ2n) is 6.79. The maximum atomic E-state index is 11.7. The van der Waals surface area contributed by atoms with Crippen LogP contribution in [0.4, 0.5) is 4.79 Å². The number of aromatic nitrogens is 2. The van der Waals surface area contributed by atoms with Crippen molar-refractivity contribution in [3.05, 3.63) is 18.2 Å². The lowest BCUT2D eigenvalue weighted by molar-refractivity contribution is 0.0528. The first-order chi connectivity index (χ1) is 10.3. The summed E-state index contributed by atoms with van der Waals surface area (Å²) in [6.45, 7) is 12.8. The molecule has 0 spiro atoms. The van der Waals surface area contributed by atoms with Crippen LogP contribution in [0.1, 0.15) is 66.1 Å². The van der Waals surface area contributed by atoms with Crippen LogP contribution in [0, 0.1) is 5.92 Å². The Bertz CT molecular complexity index is 459. The van der Waals surface area contributed by atoms with Crippen LogP contribution in [0.3, 0.4) is 0 Å². The first-order valence-corrected chi connectivity index (χ1v) is 8.26. The van der Waals surface area contributed by atoms with E-state index in [9.17, 15) is 4.79 Å². The zero-order chi connectivity index (χ0) is 16.8. The number of carbonyl (C=O) groups excluding carboxylic acids is 1. The van der Waals surface area contributed by atoms with Gasteiger partial charge in [0.15, 0.2) is 0 Å². The monoisotopic (exact) mass is 309 g/mol. The molecule has 5 heteroatoms. The molecule has 1 unspecified atom stereocenters. The van der Waals surface area contributed by atoms with Crippen molar-refractivity contribution < 1.29 is 9.53 Å². The molecule has 0 aromatic carbocycles. The first kappa shape index (κ1) is 18.5.